The van der Waals surface area contributed by atoms with Gasteiger partial charge in [0.05, 0.1) is 6.04 Å². The third-order valence-electron chi connectivity index (χ3n) is 3.80. The summed E-state index contributed by atoms with van der Waals surface area (Å²) in [5.74, 6) is 0.790. The Balaban J connectivity index is 1.81. The summed E-state index contributed by atoms with van der Waals surface area (Å²) in [6.45, 7) is 2.04. The Morgan fingerprint density at radius 3 is 2.64 bits per heavy atom. The number of nitriles is 1. The molecule has 126 valence electrons. The summed E-state index contributed by atoms with van der Waals surface area (Å²) in [6, 6.07) is 14.8. The molecule has 0 spiro atoms. The first kappa shape index (κ1) is 17.1. The van der Waals surface area contributed by atoms with Crippen LogP contribution in [0.5, 0.6) is 11.5 Å². The molecule has 1 unspecified atom stereocenters. The van der Waals surface area contributed by atoms with Crippen LogP contribution in [0.4, 0.5) is 0 Å². The molecule has 1 heterocycles. The van der Waals surface area contributed by atoms with E-state index in [1.807, 2.05) is 43.3 Å². The summed E-state index contributed by atoms with van der Waals surface area (Å²) in [5, 5.41) is 12.2. The van der Waals surface area contributed by atoms with E-state index in [1.54, 1.807) is 12.1 Å². The van der Waals surface area contributed by atoms with E-state index in [0.717, 1.165) is 5.56 Å². The molecule has 6 heteroatoms. The van der Waals surface area contributed by atoms with Crippen molar-refractivity contribution < 1.29 is 14.3 Å². The molecule has 0 aliphatic carbocycles. The maximum absolute atomic E-state index is 12.4. The molecule has 0 fully saturated rings. The second-order valence-electron chi connectivity index (χ2n) is 5.50. The molecule has 1 aliphatic heterocycles. The number of ether oxygens (including phenoxy) is 2. The monoisotopic (exact) mass is 398 g/mol. The maximum Gasteiger partial charge on any atom is 0.262 e. The first-order chi connectivity index (χ1) is 12.1. The molecule has 0 radical (unpaired) electrons. The van der Waals surface area contributed by atoms with E-state index < -0.39 is 5.91 Å². The third-order valence-corrected chi connectivity index (χ3v) is 4.49. The summed E-state index contributed by atoms with van der Waals surface area (Å²) in [6.07, 6.45) is 1.53. The highest BCUT2D eigenvalue weighted by Gasteiger charge is 2.18. The first-order valence-electron chi connectivity index (χ1n) is 7.65. The Bertz CT molecular complexity index is 872. The van der Waals surface area contributed by atoms with E-state index in [2.05, 4.69) is 21.2 Å². The van der Waals surface area contributed by atoms with Crippen molar-refractivity contribution in [1.29, 1.82) is 5.26 Å². The minimum atomic E-state index is -0.427. The van der Waals surface area contributed by atoms with Crippen LogP contribution in [0, 0.1) is 11.3 Å². The molecule has 1 aliphatic rings. The Labute approximate surface area is 154 Å². The molecule has 25 heavy (non-hydrogen) atoms. The van der Waals surface area contributed by atoms with Crippen LogP contribution in [-0.2, 0) is 4.79 Å². The zero-order valence-electron chi connectivity index (χ0n) is 13.5. The van der Waals surface area contributed by atoms with Gasteiger partial charge >= 0.3 is 0 Å². The Morgan fingerprint density at radius 1 is 1.28 bits per heavy atom. The van der Waals surface area contributed by atoms with Gasteiger partial charge in [-0.25, -0.2) is 0 Å². The number of carbonyl (C=O) groups is 1. The molecule has 2 aromatic carbocycles. The number of fused-ring (bicyclic) bond motifs is 1. The van der Waals surface area contributed by atoms with Gasteiger partial charge in [0.15, 0.2) is 11.5 Å². The molecular formula is C19H15BrN2O3. The van der Waals surface area contributed by atoms with Crippen molar-refractivity contribution in [3.8, 4) is 17.6 Å². The van der Waals surface area contributed by atoms with Gasteiger partial charge in [-0.3, -0.25) is 4.79 Å². The highest BCUT2D eigenvalue weighted by atomic mass is 79.9. The predicted molar refractivity (Wildman–Crippen MR) is 96.9 cm³/mol. The van der Waals surface area contributed by atoms with E-state index in [4.69, 9.17) is 9.47 Å². The van der Waals surface area contributed by atoms with Gasteiger partial charge in [0.25, 0.3) is 5.91 Å². The fraction of sp³-hybridized carbons (Fsp3) is 0.158. The standard InChI is InChI=1S/C19H15BrN2O3/c1-12(13-5-3-2-4-6-13)22-19(23)15(10-21)7-14-8-17-18(9-16(14)20)25-11-24-17/h2-9,12H,11H2,1H3,(H,22,23)/b15-7+. The average Bonchev–Trinajstić information content (AvgIpc) is 3.07. The maximum atomic E-state index is 12.4. The molecular weight excluding hydrogens is 384 g/mol. The summed E-state index contributed by atoms with van der Waals surface area (Å²) in [4.78, 5) is 12.4. The van der Waals surface area contributed by atoms with Gasteiger partial charge in [0.1, 0.15) is 11.6 Å². The first-order valence-corrected chi connectivity index (χ1v) is 8.44. The number of halogens is 1. The van der Waals surface area contributed by atoms with Crippen molar-refractivity contribution in [3.05, 3.63) is 63.6 Å². The van der Waals surface area contributed by atoms with Crippen molar-refractivity contribution in [2.45, 2.75) is 13.0 Å². The van der Waals surface area contributed by atoms with Crippen LogP contribution in [-0.4, -0.2) is 12.7 Å². The van der Waals surface area contributed by atoms with Crippen LogP contribution in [0.25, 0.3) is 6.08 Å². The summed E-state index contributed by atoms with van der Waals surface area (Å²) < 4.78 is 11.3. The van der Waals surface area contributed by atoms with Gasteiger partial charge < -0.3 is 14.8 Å². The Morgan fingerprint density at radius 2 is 1.96 bits per heavy atom. The lowest BCUT2D eigenvalue weighted by atomic mass is 10.1. The van der Waals surface area contributed by atoms with Crippen LogP contribution in [0.1, 0.15) is 24.1 Å². The Hall–Kier alpha value is -2.78. The van der Waals surface area contributed by atoms with E-state index in [-0.39, 0.29) is 18.4 Å². The molecule has 1 amide bonds. The van der Waals surface area contributed by atoms with E-state index in [0.29, 0.717) is 21.5 Å². The Kier molecular flexibility index (Phi) is 5.05. The summed E-state index contributed by atoms with van der Waals surface area (Å²) in [7, 11) is 0. The van der Waals surface area contributed by atoms with Gasteiger partial charge in [-0.2, -0.15) is 5.26 Å². The molecule has 5 nitrogen and oxygen atoms in total. The quantitative estimate of drug-likeness (QED) is 0.624. The molecule has 0 bridgehead atoms. The van der Waals surface area contributed by atoms with Crippen molar-refractivity contribution in [3.63, 3.8) is 0 Å². The lowest BCUT2D eigenvalue weighted by molar-refractivity contribution is -0.117. The van der Waals surface area contributed by atoms with E-state index in [9.17, 15) is 10.1 Å². The minimum Gasteiger partial charge on any atom is -0.454 e. The van der Waals surface area contributed by atoms with Crippen LogP contribution in [0.2, 0.25) is 0 Å². The second-order valence-corrected chi connectivity index (χ2v) is 6.36. The van der Waals surface area contributed by atoms with Crippen LogP contribution >= 0.6 is 15.9 Å². The number of nitrogens with zero attached hydrogens (tertiary/aromatic N) is 1. The van der Waals surface area contributed by atoms with Crippen molar-refractivity contribution in [2.24, 2.45) is 0 Å². The van der Waals surface area contributed by atoms with Crippen molar-refractivity contribution >= 4 is 27.9 Å². The van der Waals surface area contributed by atoms with Gasteiger partial charge in [0.2, 0.25) is 6.79 Å². The fourth-order valence-electron chi connectivity index (χ4n) is 2.45. The second kappa shape index (κ2) is 7.41. The SMILES string of the molecule is CC(NC(=O)/C(C#N)=C/c1cc2c(cc1Br)OCO2)c1ccccc1. The number of hydrogen-bond donors (Lipinski definition) is 1. The highest BCUT2D eigenvalue weighted by Crippen LogP contribution is 2.37. The van der Waals surface area contributed by atoms with Gasteiger partial charge in [-0.15, -0.1) is 0 Å². The average molecular weight is 399 g/mol. The van der Waals surface area contributed by atoms with E-state index >= 15 is 0 Å². The van der Waals surface area contributed by atoms with Crippen molar-refractivity contribution in [2.75, 3.05) is 6.79 Å². The highest BCUT2D eigenvalue weighted by molar-refractivity contribution is 9.10. The number of nitrogens with one attached hydrogen (secondary N) is 1. The largest absolute Gasteiger partial charge is 0.454 e. The molecule has 0 aromatic heterocycles. The van der Waals surface area contributed by atoms with Crippen LogP contribution in [0.15, 0.2) is 52.5 Å². The van der Waals surface area contributed by atoms with Crippen LogP contribution in [0.3, 0.4) is 0 Å². The van der Waals surface area contributed by atoms with Gasteiger partial charge in [-0.05, 0) is 36.3 Å². The predicted octanol–water partition coefficient (Wildman–Crippen LogP) is 3.96. The lowest BCUT2D eigenvalue weighted by Crippen LogP contribution is -2.27. The normalized spacial score (nSPS) is 13.9. The zero-order valence-corrected chi connectivity index (χ0v) is 15.0. The number of benzene rings is 2. The smallest absolute Gasteiger partial charge is 0.262 e. The lowest BCUT2D eigenvalue weighted by Gasteiger charge is -2.14. The van der Waals surface area contributed by atoms with Crippen LogP contribution < -0.4 is 14.8 Å². The number of amides is 1. The summed E-state index contributed by atoms with van der Waals surface area (Å²) >= 11 is 3.42. The molecule has 1 N–H and O–H groups in total. The van der Waals surface area contributed by atoms with Gasteiger partial charge in [0, 0.05) is 4.47 Å². The topological polar surface area (TPSA) is 71.4 Å². The molecule has 3 rings (SSSR count). The fourth-order valence-corrected chi connectivity index (χ4v) is 2.88. The number of rotatable bonds is 4. The summed E-state index contributed by atoms with van der Waals surface area (Å²) in [5.41, 5.74) is 1.66. The van der Waals surface area contributed by atoms with Gasteiger partial charge in [-0.1, -0.05) is 46.3 Å². The zero-order chi connectivity index (χ0) is 17.8. The van der Waals surface area contributed by atoms with E-state index in [1.165, 1.54) is 6.08 Å². The van der Waals surface area contributed by atoms with Crippen molar-refractivity contribution in [1.82, 2.24) is 5.32 Å². The molecule has 2 aromatic rings. The molecule has 1 atom stereocenters. The number of hydrogen-bond acceptors (Lipinski definition) is 4. The molecule has 0 saturated carbocycles. The number of carbonyl (C=O) groups excluding carboxylic acids is 1. The minimum absolute atomic E-state index is 0.0161. The molecule has 0 saturated heterocycles. The third kappa shape index (κ3) is 3.83.